The number of aromatic carboxylic acids is 1. The van der Waals surface area contributed by atoms with E-state index in [1.807, 2.05) is 6.92 Å². The first-order valence-corrected chi connectivity index (χ1v) is 5.79. The highest BCUT2D eigenvalue weighted by Gasteiger charge is 2.20. The Morgan fingerprint density at radius 1 is 1.05 bits per heavy atom. The number of benzene rings is 1. The summed E-state index contributed by atoms with van der Waals surface area (Å²) in [6.45, 7) is 1.86. The van der Waals surface area contributed by atoms with Gasteiger partial charge in [-0.1, -0.05) is 16.5 Å². The molecule has 0 amide bonds. The van der Waals surface area contributed by atoms with E-state index in [9.17, 15) is 9.90 Å². The van der Waals surface area contributed by atoms with E-state index in [1.54, 1.807) is 18.5 Å². The molecule has 8 heteroatoms. The van der Waals surface area contributed by atoms with E-state index in [2.05, 4.69) is 20.6 Å². The third kappa shape index (κ3) is 1.83. The Bertz CT molecular complexity index is 749. The fraction of sp³-hybridized carbons (Fsp3) is 0.0833. The molecule has 1 aromatic carbocycles. The van der Waals surface area contributed by atoms with Crippen molar-refractivity contribution in [3.63, 3.8) is 0 Å². The van der Waals surface area contributed by atoms with Crippen LogP contribution in [0.25, 0.3) is 11.4 Å². The summed E-state index contributed by atoms with van der Waals surface area (Å²) < 4.78 is 2.92. The number of hydrogen-bond donors (Lipinski definition) is 1. The highest BCUT2D eigenvalue weighted by atomic mass is 16.4. The van der Waals surface area contributed by atoms with E-state index < -0.39 is 5.97 Å². The third-order valence-corrected chi connectivity index (χ3v) is 2.89. The van der Waals surface area contributed by atoms with E-state index in [4.69, 9.17) is 0 Å². The first-order valence-electron chi connectivity index (χ1n) is 5.79. The number of rotatable bonds is 3. The Labute approximate surface area is 113 Å². The molecule has 0 spiro atoms. The number of aromatic nitrogens is 6. The van der Waals surface area contributed by atoms with Crippen molar-refractivity contribution in [3.8, 4) is 11.4 Å². The van der Waals surface area contributed by atoms with Crippen LogP contribution in [0.3, 0.4) is 0 Å². The number of aryl methyl sites for hydroxylation is 1. The van der Waals surface area contributed by atoms with Crippen molar-refractivity contribution in [1.82, 2.24) is 30.0 Å². The van der Waals surface area contributed by atoms with Gasteiger partial charge in [0.15, 0.2) is 0 Å². The molecule has 0 aliphatic carbocycles. The van der Waals surface area contributed by atoms with Crippen LogP contribution >= 0.6 is 0 Å². The van der Waals surface area contributed by atoms with Crippen molar-refractivity contribution < 1.29 is 9.90 Å². The summed E-state index contributed by atoms with van der Waals surface area (Å²) in [6, 6.07) is 3.26. The Balaban J connectivity index is 2.38. The molecular formula is C12H10N6O2. The molecule has 0 aliphatic heterocycles. The molecule has 2 heterocycles. The second kappa shape index (κ2) is 4.57. The van der Waals surface area contributed by atoms with Gasteiger partial charge in [-0.05, 0) is 18.6 Å². The molecule has 3 aromatic rings. The number of nitrogens with zero attached hydrogens (tertiary/aromatic N) is 6. The van der Waals surface area contributed by atoms with Gasteiger partial charge in [-0.15, -0.1) is 10.2 Å². The van der Waals surface area contributed by atoms with Crippen molar-refractivity contribution in [2.75, 3.05) is 0 Å². The topological polar surface area (TPSA) is 98.7 Å². The fourth-order valence-corrected chi connectivity index (χ4v) is 2.03. The molecular weight excluding hydrogens is 260 g/mol. The summed E-state index contributed by atoms with van der Waals surface area (Å²) in [7, 11) is 0. The highest BCUT2D eigenvalue weighted by molar-refractivity contribution is 5.94. The third-order valence-electron chi connectivity index (χ3n) is 2.89. The van der Waals surface area contributed by atoms with Crippen molar-refractivity contribution in [2.45, 2.75) is 6.92 Å². The lowest BCUT2D eigenvalue weighted by atomic mass is 10.1. The summed E-state index contributed by atoms with van der Waals surface area (Å²) in [4.78, 5) is 11.4. The molecule has 3 rings (SSSR count). The summed E-state index contributed by atoms with van der Waals surface area (Å²) in [5.74, 6) is -1.04. The summed E-state index contributed by atoms with van der Waals surface area (Å²) >= 11 is 0. The molecule has 8 nitrogen and oxygen atoms in total. The molecule has 0 saturated carbocycles. The maximum absolute atomic E-state index is 11.4. The lowest BCUT2D eigenvalue weighted by Gasteiger charge is -2.14. The number of carboxylic acids is 1. The van der Waals surface area contributed by atoms with Gasteiger partial charge in [0.2, 0.25) is 0 Å². The van der Waals surface area contributed by atoms with Gasteiger partial charge >= 0.3 is 5.97 Å². The highest BCUT2D eigenvalue weighted by Crippen LogP contribution is 2.25. The van der Waals surface area contributed by atoms with Gasteiger partial charge in [0.25, 0.3) is 0 Å². The summed E-state index contributed by atoms with van der Waals surface area (Å²) in [6.07, 6.45) is 6.24. The van der Waals surface area contributed by atoms with Gasteiger partial charge < -0.3 is 5.11 Å². The molecule has 100 valence electrons. The minimum atomic E-state index is -1.04. The van der Waals surface area contributed by atoms with Gasteiger partial charge in [-0.3, -0.25) is 0 Å². The molecule has 1 N–H and O–H groups in total. The molecule has 0 saturated heterocycles. The molecule has 2 aromatic heterocycles. The van der Waals surface area contributed by atoms with Crippen LogP contribution in [0.1, 0.15) is 15.9 Å². The maximum atomic E-state index is 11.4. The first kappa shape index (κ1) is 12.0. The van der Waals surface area contributed by atoms with Crippen LogP contribution in [0.15, 0.2) is 36.9 Å². The van der Waals surface area contributed by atoms with Gasteiger partial charge in [0, 0.05) is 0 Å². The van der Waals surface area contributed by atoms with Crippen molar-refractivity contribution in [1.29, 1.82) is 0 Å². The van der Waals surface area contributed by atoms with Crippen molar-refractivity contribution >= 4 is 5.97 Å². The average Bonchev–Trinajstić information content (AvgIpc) is 3.11. The molecule has 0 bridgehead atoms. The minimum absolute atomic E-state index is 0.117. The Morgan fingerprint density at radius 3 is 2.15 bits per heavy atom. The van der Waals surface area contributed by atoms with Crippen LogP contribution in [0.2, 0.25) is 0 Å². The summed E-state index contributed by atoms with van der Waals surface area (Å²) in [5, 5.41) is 24.7. The van der Waals surface area contributed by atoms with Crippen LogP contribution in [0.4, 0.5) is 0 Å². The van der Waals surface area contributed by atoms with Crippen molar-refractivity contribution in [3.05, 3.63) is 48.0 Å². The first-order chi connectivity index (χ1) is 9.68. The maximum Gasteiger partial charge on any atom is 0.337 e. The zero-order chi connectivity index (χ0) is 14.1. The number of carbonyl (C=O) groups is 1. The Hall–Kier alpha value is -3.03. The van der Waals surface area contributed by atoms with E-state index in [1.165, 1.54) is 27.8 Å². The van der Waals surface area contributed by atoms with Gasteiger partial charge in [0.1, 0.15) is 5.69 Å². The van der Waals surface area contributed by atoms with Crippen LogP contribution in [0, 0.1) is 6.92 Å². The summed E-state index contributed by atoms with van der Waals surface area (Å²) in [5.41, 5.74) is 1.98. The smallest absolute Gasteiger partial charge is 0.337 e. The average molecular weight is 270 g/mol. The standard InChI is InChI=1S/C12H10N6O2/c1-8-2-3-9(12(19)20)11(18-7-5-14-16-18)10(8)17-6-4-13-15-17/h2-7H,1H3,(H,19,20). The van der Waals surface area contributed by atoms with Gasteiger partial charge in [-0.2, -0.15) is 0 Å². The zero-order valence-corrected chi connectivity index (χ0v) is 10.5. The monoisotopic (exact) mass is 270 g/mol. The molecule has 0 unspecified atom stereocenters. The predicted molar refractivity (Wildman–Crippen MR) is 68.0 cm³/mol. The minimum Gasteiger partial charge on any atom is -0.478 e. The second-order valence-electron chi connectivity index (χ2n) is 4.13. The molecule has 0 aliphatic rings. The Kier molecular flexibility index (Phi) is 2.75. The van der Waals surface area contributed by atoms with Crippen LogP contribution < -0.4 is 0 Å². The quantitative estimate of drug-likeness (QED) is 0.757. The fourth-order valence-electron chi connectivity index (χ4n) is 2.03. The SMILES string of the molecule is Cc1ccc(C(=O)O)c(-n2ccnn2)c1-n1ccnn1. The lowest BCUT2D eigenvalue weighted by molar-refractivity contribution is 0.0696. The number of hydrogen-bond acceptors (Lipinski definition) is 5. The van der Waals surface area contributed by atoms with Crippen LogP contribution in [-0.4, -0.2) is 41.1 Å². The zero-order valence-electron chi connectivity index (χ0n) is 10.5. The van der Waals surface area contributed by atoms with E-state index in [0.717, 1.165) is 5.56 Å². The lowest BCUT2D eigenvalue weighted by Crippen LogP contribution is -2.13. The molecule has 0 fully saturated rings. The van der Waals surface area contributed by atoms with E-state index in [-0.39, 0.29) is 5.56 Å². The van der Waals surface area contributed by atoms with Crippen LogP contribution in [-0.2, 0) is 0 Å². The largest absolute Gasteiger partial charge is 0.478 e. The second-order valence-corrected chi connectivity index (χ2v) is 4.13. The van der Waals surface area contributed by atoms with Crippen LogP contribution in [0.5, 0.6) is 0 Å². The molecule has 0 atom stereocenters. The van der Waals surface area contributed by atoms with Gasteiger partial charge in [0.05, 0.1) is 36.0 Å². The molecule has 20 heavy (non-hydrogen) atoms. The van der Waals surface area contributed by atoms with Gasteiger partial charge in [-0.25, -0.2) is 14.2 Å². The molecule has 0 radical (unpaired) electrons. The normalized spacial score (nSPS) is 10.7. The number of carboxylic acid groups (broad SMARTS) is 1. The predicted octanol–water partition coefficient (Wildman–Crippen LogP) is 0.855. The van der Waals surface area contributed by atoms with Crippen molar-refractivity contribution in [2.24, 2.45) is 0 Å². The Morgan fingerprint density at radius 2 is 1.65 bits per heavy atom. The van der Waals surface area contributed by atoms with E-state index >= 15 is 0 Å². The van der Waals surface area contributed by atoms with E-state index in [0.29, 0.717) is 11.4 Å².